The number of hydrogen-bond acceptors (Lipinski definition) is 4. The zero-order valence-corrected chi connectivity index (χ0v) is 15.0. The van der Waals surface area contributed by atoms with Crippen LogP contribution in [0, 0.1) is 0 Å². The van der Waals surface area contributed by atoms with E-state index in [-0.39, 0.29) is 12.6 Å². The van der Waals surface area contributed by atoms with Gasteiger partial charge in [-0.3, -0.25) is 0 Å². The molecule has 2 amide bonds. The number of carbonyl (C=O) groups excluding carboxylic acids is 1. The Balaban J connectivity index is 1.93. The molecule has 0 aromatic carbocycles. The van der Waals surface area contributed by atoms with E-state index in [1.165, 1.54) is 29.7 Å². The summed E-state index contributed by atoms with van der Waals surface area (Å²) in [6, 6.07) is 3.42. The highest BCUT2D eigenvalue weighted by Gasteiger charge is 2.33. The number of carbonyl (C=O) groups is 1. The van der Waals surface area contributed by atoms with Gasteiger partial charge in [-0.25, -0.2) is 17.5 Å². The zero-order valence-electron chi connectivity index (χ0n) is 12.6. The predicted octanol–water partition coefficient (Wildman–Crippen LogP) is 1.97. The van der Waals surface area contributed by atoms with Gasteiger partial charge in [0.2, 0.25) is 10.0 Å². The van der Waals surface area contributed by atoms with Crippen LogP contribution >= 0.6 is 22.9 Å². The Morgan fingerprint density at radius 3 is 2.82 bits per heavy atom. The van der Waals surface area contributed by atoms with Gasteiger partial charge in [-0.1, -0.05) is 11.6 Å². The molecular weight excluding hydrogens is 346 g/mol. The molecule has 0 radical (unpaired) electrons. The third-order valence-electron chi connectivity index (χ3n) is 3.64. The molecule has 0 aliphatic carbocycles. The van der Waals surface area contributed by atoms with E-state index >= 15 is 0 Å². The maximum absolute atomic E-state index is 12.2. The number of nitrogens with one attached hydrogen (secondary N) is 1. The van der Waals surface area contributed by atoms with Crippen LogP contribution in [-0.2, 0) is 16.6 Å². The molecule has 1 aromatic rings. The van der Waals surface area contributed by atoms with Crippen LogP contribution in [-0.4, -0.2) is 56.1 Å². The van der Waals surface area contributed by atoms with Crippen molar-refractivity contribution in [1.29, 1.82) is 0 Å². The molecule has 1 unspecified atom stereocenters. The summed E-state index contributed by atoms with van der Waals surface area (Å²) in [5, 5.41) is 2.28. The Morgan fingerprint density at radius 1 is 1.50 bits per heavy atom. The summed E-state index contributed by atoms with van der Waals surface area (Å²) in [7, 11) is -0.288. The minimum atomic E-state index is -3.33. The van der Waals surface area contributed by atoms with Crippen molar-refractivity contribution in [3.63, 3.8) is 0 Å². The van der Waals surface area contributed by atoms with Gasteiger partial charge in [-0.05, 0) is 25.0 Å². The first kappa shape index (κ1) is 17.5. The molecule has 9 heteroatoms. The molecule has 1 aliphatic heterocycles. The second-order valence-electron chi connectivity index (χ2n) is 5.40. The number of nitrogens with zero attached hydrogens (tertiary/aromatic N) is 2. The van der Waals surface area contributed by atoms with Gasteiger partial charge in [0.15, 0.2) is 0 Å². The molecule has 2 heterocycles. The molecule has 1 aromatic heterocycles. The van der Waals surface area contributed by atoms with Crippen molar-refractivity contribution in [3.8, 4) is 0 Å². The van der Waals surface area contributed by atoms with E-state index in [1.54, 1.807) is 11.0 Å². The van der Waals surface area contributed by atoms with Crippen molar-refractivity contribution < 1.29 is 13.2 Å². The van der Waals surface area contributed by atoms with E-state index in [0.29, 0.717) is 30.3 Å². The number of sulfonamides is 1. The molecule has 0 spiro atoms. The van der Waals surface area contributed by atoms with E-state index in [4.69, 9.17) is 11.6 Å². The van der Waals surface area contributed by atoms with E-state index in [2.05, 4.69) is 5.32 Å². The summed E-state index contributed by atoms with van der Waals surface area (Å²) in [5.74, 6) is 0. The SMILES string of the molecule is CN(C)S(=O)(=O)C1CCCN(C(=O)NCc2ccc(Cl)s2)C1. The fourth-order valence-electron chi connectivity index (χ4n) is 2.39. The predicted molar refractivity (Wildman–Crippen MR) is 88.8 cm³/mol. The van der Waals surface area contributed by atoms with Gasteiger partial charge in [-0.15, -0.1) is 11.3 Å². The highest BCUT2D eigenvalue weighted by atomic mass is 35.5. The lowest BCUT2D eigenvalue weighted by atomic mass is 10.1. The number of hydrogen-bond donors (Lipinski definition) is 1. The maximum atomic E-state index is 12.2. The Bertz CT molecular complexity index is 630. The number of halogens is 1. The van der Waals surface area contributed by atoms with Crippen molar-refractivity contribution >= 4 is 39.0 Å². The van der Waals surface area contributed by atoms with Gasteiger partial charge in [0.25, 0.3) is 0 Å². The van der Waals surface area contributed by atoms with E-state index in [1.807, 2.05) is 6.07 Å². The average molecular weight is 366 g/mol. The minimum absolute atomic E-state index is 0.233. The first-order valence-electron chi connectivity index (χ1n) is 6.99. The molecule has 0 saturated carbocycles. The van der Waals surface area contributed by atoms with Gasteiger partial charge < -0.3 is 10.2 Å². The van der Waals surface area contributed by atoms with Gasteiger partial charge in [0.1, 0.15) is 0 Å². The monoisotopic (exact) mass is 365 g/mol. The Labute approximate surface area is 140 Å². The van der Waals surface area contributed by atoms with Crippen LogP contribution < -0.4 is 5.32 Å². The van der Waals surface area contributed by atoms with Crippen LogP contribution in [0.4, 0.5) is 4.79 Å². The van der Waals surface area contributed by atoms with Crippen LogP contribution in [0.15, 0.2) is 12.1 Å². The molecule has 0 bridgehead atoms. The molecular formula is C13H20ClN3O3S2. The van der Waals surface area contributed by atoms with Gasteiger partial charge in [-0.2, -0.15) is 0 Å². The summed E-state index contributed by atoms with van der Waals surface area (Å²) in [6.45, 7) is 1.21. The second-order valence-corrected chi connectivity index (χ2v) is 9.63. The summed E-state index contributed by atoms with van der Waals surface area (Å²) >= 11 is 7.26. The number of likely N-dealkylation sites (tertiary alicyclic amines) is 1. The Hall–Kier alpha value is -0.830. The molecule has 124 valence electrons. The lowest BCUT2D eigenvalue weighted by Gasteiger charge is -2.33. The highest BCUT2D eigenvalue weighted by Crippen LogP contribution is 2.22. The average Bonchev–Trinajstić information content (AvgIpc) is 2.90. The third kappa shape index (κ3) is 4.13. The smallest absolute Gasteiger partial charge is 0.317 e. The number of thiophene rings is 1. The second kappa shape index (κ2) is 7.16. The van der Waals surface area contributed by atoms with E-state index < -0.39 is 15.3 Å². The normalized spacial score (nSPS) is 19.5. The van der Waals surface area contributed by atoms with Crippen LogP contribution in [0.5, 0.6) is 0 Å². The summed E-state index contributed by atoms with van der Waals surface area (Å²) in [5.41, 5.74) is 0. The highest BCUT2D eigenvalue weighted by molar-refractivity contribution is 7.89. The van der Waals surface area contributed by atoms with Crippen molar-refractivity contribution in [3.05, 3.63) is 21.3 Å². The fraction of sp³-hybridized carbons (Fsp3) is 0.615. The van der Waals surface area contributed by atoms with Gasteiger partial charge in [0, 0.05) is 32.1 Å². The van der Waals surface area contributed by atoms with Crippen molar-refractivity contribution in [2.45, 2.75) is 24.6 Å². The zero-order chi connectivity index (χ0) is 16.3. The van der Waals surface area contributed by atoms with Crippen molar-refractivity contribution in [1.82, 2.24) is 14.5 Å². The molecule has 1 atom stereocenters. The maximum Gasteiger partial charge on any atom is 0.317 e. The molecule has 1 fully saturated rings. The largest absolute Gasteiger partial charge is 0.333 e. The van der Waals surface area contributed by atoms with Crippen LogP contribution in [0.1, 0.15) is 17.7 Å². The summed E-state index contributed by atoms with van der Waals surface area (Å²) in [6.07, 6.45) is 1.28. The summed E-state index contributed by atoms with van der Waals surface area (Å²) < 4.78 is 26.3. The Kier molecular flexibility index (Phi) is 5.70. The minimum Gasteiger partial charge on any atom is -0.333 e. The van der Waals surface area contributed by atoms with Crippen molar-refractivity contribution in [2.75, 3.05) is 27.2 Å². The first-order valence-corrected chi connectivity index (χ1v) is 9.69. The quantitative estimate of drug-likeness (QED) is 0.886. The van der Waals surface area contributed by atoms with Gasteiger partial charge >= 0.3 is 6.03 Å². The first-order chi connectivity index (χ1) is 10.3. The third-order valence-corrected chi connectivity index (χ3v) is 7.11. The molecule has 6 nitrogen and oxygen atoms in total. The lowest BCUT2D eigenvalue weighted by molar-refractivity contribution is 0.186. The number of urea groups is 1. The van der Waals surface area contributed by atoms with Crippen LogP contribution in [0.25, 0.3) is 0 Å². The molecule has 1 aliphatic rings. The van der Waals surface area contributed by atoms with Crippen molar-refractivity contribution in [2.24, 2.45) is 0 Å². The fourth-order valence-corrected chi connectivity index (χ4v) is 4.84. The number of amides is 2. The molecule has 2 rings (SSSR count). The molecule has 22 heavy (non-hydrogen) atoms. The Morgan fingerprint density at radius 2 is 2.23 bits per heavy atom. The standard InChI is InChI=1S/C13H20ClN3O3S2/c1-16(2)22(19,20)11-4-3-7-17(9-11)13(18)15-8-10-5-6-12(14)21-10/h5-6,11H,3-4,7-9H2,1-2H3,(H,15,18). The van der Waals surface area contributed by atoms with E-state index in [9.17, 15) is 13.2 Å². The van der Waals surface area contributed by atoms with Crippen LogP contribution in [0.3, 0.4) is 0 Å². The molecule has 1 saturated heterocycles. The lowest BCUT2D eigenvalue weighted by Crippen LogP contribution is -2.50. The molecule has 1 N–H and O–H groups in total. The summed E-state index contributed by atoms with van der Waals surface area (Å²) in [4.78, 5) is 14.7. The number of piperidine rings is 1. The topological polar surface area (TPSA) is 69.7 Å². The van der Waals surface area contributed by atoms with Crippen LogP contribution in [0.2, 0.25) is 4.34 Å². The van der Waals surface area contributed by atoms with Gasteiger partial charge in [0.05, 0.1) is 16.1 Å². The number of rotatable bonds is 4. The van der Waals surface area contributed by atoms with E-state index in [0.717, 1.165) is 4.88 Å².